The van der Waals surface area contributed by atoms with Crippen LogP contribution in [0.3, 0.4) is 0 Å². The molecule has 0 aromatic carbocycles. The monoisotopic (exact) mass is 265 g/mol. The molecular formula is C15H23NO3. The topological polar surface area (TPSA) is 53.7 Å². The Morgan fingerprint density at radius 1 is 1.47 bits per heavy atom. The van der Waals surface area contributed by atoms with E-state index in [9.17, 15) is 9.90 Å². The zero-order valence-corrected chi connectivity index (χ0v) is 11.8. The Morgan fingerprint density at radius 2 is 2.16 bits per heavy atom. The minimum absolute atomic E-state index is 0.277. The summed E-state index contributed by atoms with van der Waals surface area (Å²) in [6.07, 6.45) is 4.87. The lowest BCUT2D eigenvalue weighted by molar-refractivity contribution is -0.152. The van der Waals surface area contributed by atoms with Gasteiger partial charge in [0.05, 0.1) is 17.7 Å². The molecule has 1 atom stereocenters. The molecule has 0 radical (unpaired) electrons. The maximum absolute atomic E-state index is 11.4. The van der Waals surface area contributed by atoms with Crippen LogP contribution in [-0.2, 0) is 4.79 Å². The molecule has 1 aromatic heterocycles. The van der Waals surface area contributed by atoms with Crippen molar-refractivity contribution in [2.24, 2.45) is 5.41 Å². The smallest absolute Gasteiger partial charge is 0.309 e. The van der Waals surface area contributed by atoms with Crippen LogP contribution in [0.5, 0.6) is 0 Å². The van der Waals surface area contributed by atoms with Crippen molar-refractivity contribution in [3.8, 4) is 0 Å². The number of furan rings is 1. The number of aliphatic carboxylic acids is 1. The van der Waals surface area contributed by atoms with Gasteiger partial charge in [0.2, 0.25) is 0 Å². The molecule has 1 aliphatic heterocycles. The van der Waals surface area contributed by atoms with Crippen LogP contribution in [0.2, 0.25) is 0 Å². The van der Waals surface area contributed by atoms with Gasteiger partial charge in [0.1, 0.15) is 5.76 Å². The molecule has 0 bridgehead atoms. The SMILES string of the molecule is CCC(c1ccco1)N1CCC(CC)(C(=O)O)CC1. The molecule has 0 spiro atoms. The number of piperidine rings is 1. The van der Waals surface area contributed by atoms with Gasteiger partial charge in [0.25, 0.3) is 0 Å². The Kier molecular flexibility index (Phi) is 4.30. The number of carboxylic acid groups (broad SMARTS) is 1. The predicted octanol–water partition coefficient (Wildman–Crippen LogP) is 3.31. The van der Waals surface area contributed by atoms with E-state index in [1.54, 1.807) is 6.26 Å². The van der Waals surface area contributed by atoms with E-state index >= 15 is 0 Å². The molecule has 0 saturated carbocycles. The first-order chi connectivity index (χ1) is 9.13. The fourth-order valence-corrected chi connectivity index (χ4v) is 3.10. The van der Waals surface area contributed by atoms with Gasteiger partial charge in [-0.3, -0.25) is 9.69 Å². The zero-order valence-electron chi connectivity index (χ0n) is 11.8. The van der Waals surface area contributed by atoms with Gasteiger partial charge in [-0.2, -0.15) is 0 Å². The van der Waals surface area contributed by atoms with Crippen molar-refractivity contribution in [1.29, 1.82) is 0 Å². The highest BCUT2D eigenvalue weighted by molar-refractivity contribution is 5.74. The van der Waals surface area contributed by atoms with Crippen LogP contribution in [0.1, 0.15) is 51.3 Å². The van der Waals surface area contributed by atoms with Crippen molar-refractivity contribution < 1.29 is 14.3 Å². The first-order valence-corrected chi connectivity index (χ1v) is 7.14. The maximum atomic E-state index is 11.4. The molecule has 4 nitrogen and oxygen atoms in total. The van der Waals surface area contributed by atoms with E-state index in [0.717, 1.165) is 38.1 Å². The number of hydrogen-bond acceptors (Lipinski definition) is 3. The van der Waals surface area contributed by atoms with Crippen molar-refractivity contribution in [2.75, 3.05) is 13.1 Å². The molecule has 1 fully saturated rings. The van der Waals surface area contributed by atoms with E-state index in [2.05, 4.69) is 11.8 Å². The second-order valence-corrected chi connectivity index (χ2v) is 5.41. The highest BCUT2D eigenvalue weighted by Crippen LogP contribution is 2.38. The highest BCUT2D eigenvalue weighted by atomic mass is 16.4. The average Bonchev–Trinajstić information content (AvgIpc) is 2.94. The number of likely N-dealkylation sites (tertiary alicyclic amines) is 1. The molecule has 0 amide bonds. The van der Waals surface area contributed by atoms with Crippen molar-refractivity contribution in [1.82, 2.24) is 4.90 Å². The molecule has 2 rings (SSSR count). The summed E-state index contributed by atoms with van der Waals surface area (Å²) < 4.78 is 5.51. The number of nitrogens with zero attached hydrogens (tertiary/aromatic N) is 1. The van der Waals surface area contributed by atoms with Crippen molar-refractivity contribution in [2.45, 2.75) is 45.6 Å². The van der Waals surface area contributed by atoms with E-state index in [4.69, 9.17) is 4.42 Å². The summed E-state index contributed by atoms with van der Waals surface area (Å²) >= 11 is 0. The van der Waals surface area contributed by atoms with Crippen LogP contribution < -0.4 is 0 Å². The number of carbonyl (C=O) groups is 1. The molecule has 1 N–H and O–H groups in total. The highest BCUT2D eigenvalue weighted by Gasteiger charge is 2.41. The van der Waals surface area contributed by atoms with Gasteiger partial charge < -0.3 is 9.52 Å². The first kappa shape index (κ1) is 14.1. The Morgan fingerprint density at radius 3 is 2.58 bits per heavy atom. The molecule has 19 heavy (non-hydrogen) atoms. The lowest BCUT2D eigenvalue weighted by Crippen LogP contribution is -2.45. The molecule has 2 heterocycles. The Labute approximate surface area is 114 Å². The molecular weight excluding hydrogens is 242 g/mol. The summed E-state index contributed by atoms with van der Waals surface area (Å²) in [6, 6.07) is 4.20. The van der Waals surface area contributed by atoms with E-state index in [-0.39, 0.29) is 6.04 Å². The van der Waals surface area contributed by atoms with Crippen LogP contribution >= 0.6 is 0 Å². The second kappa shape index (κ2) is 5.78. The van der Waals surface area contributed by atoms with Gasteiger partial charge in [-0.1, -0.05) is 13.8 Å². The molecule has 4 heteroatoms. The zero-order chi connectivity index (χ0) is 13.9. The lowest BCUT2D eigenvalue weighted by Gasteiger charge is -2.41. The van der Waals surface area contributed by atoms with Crippen molar-refractivity contribution in [3.63, 3.8) is 0 Å². The second-order valence-electron chi connectivity index (χ2n) is 5.41. The average molecular weight is 265 g/mol. The predicted molar refractivity (Wildman–Crippen MR) is 72.9 cm³/mol. The largest absolute Gasteiger partial charge is 0.481 e. The van der Waals surface area contributed by atoms with Gasteiger partial charge in [-0.05, 0) is 50.9 Å². The third-order valence-corrected chi connectivity index (χ3v) is 4.58. The van der Waals surface area contributed by atoms with Crippen LogP contribution in [-0.4, -0.2) is 29.1 Å². The summed E-state index contributed by atoms with van der Waals surface area (Å²) in [7, 11) is 0. The molecule has 1 aliphatic rings. The van der Waals surface area contributed by atoms with Crippen LogP contribution in [0, 0.1) is 5.41 Å². The van der Waals surface area contributed by atoms with Gasteiger partial charge in [-0.15, -0.1) is 0 Å². The quantitative estimate of drug-likeness (QED) is 0.887. The summed E-state index contributed by atoms with van der Waals surface area (Å²) in [5, 5.41) is 9.42. The molecule has 1 aromatic rings. The fraction of sp³-hybridized carbons (Fsp3) is 0.667. The normalized spacial score (nSPS) is 21.2. The molecule has 1 saturated heterocycles. The summed E-state index contributed by atoms with van der Waals surface area (Å²) in [5.41, 5.74) is -0.516. The lowest BCUT2D eigenvalue weighted by atomic mass is 9.76. The number of carboxylic acids is 1. The van der Waals surface area contributed by atoms with Gasteiger partial charge in [0, 0.05) is 0 Å². The maximum Gasteiger partial charge on any atom is 0.309 e. The van der Waals surface area contributed by atoms with E-state index < -0.39 is 11.4 Å². The minimum atomic E-state index is -0.638. The molecule has 1 unspecified atom stereocenters. The van der Waals surface area contributed by atoms with Crippen molar-refractivity contribution in [3.05, 3.63) is 24.2 Å². The van der Waals surface area contributed by atoms with Crippen molar-refractivity contribution >= 4 is 5.97 Å². The molecule has 0 aliphatic carbocycles. The summed E-state index contributed by atoms with van der Waals surface area (Å²) in [5.74, 6) is 0.350. The Hall–Kier alpha value is -1.29. The summed E-state index contributed by atoms with van der Waals surface area (Å²) in [4.78, 5) is 13.8. The minimum Gasteiger partial charge on any atom is -0.481 e. The molecule has 106 valence electrons. The van der Waals surface area contributed by atoms with Gasteiger partial charge >= 0.3 is 5.97 Å². The van der Waals surface area contributed by atoms with Crippen LogP contribution in [0.25, 0.3) is 0 Å². The van der Waals surface area contributed by atoms with Crippen LogP contribution in [0.15, 0.2) is 22.8 Å². The first-order valence-electron chi connectivity index (χ1n) is 7.14. The van der Waals surface area contributed by atoms with E-state index in [1.165, 1.54) is 0 Å². The Bertz CT molecular complexity index is 405. The summed E-state index contributed by atoms with van der Waals surface area (Å²) in [6.45, 7) is 5.79. The van der Waals surface area contributed by atoms with E-state index in [0.29, 0.717) is 6.42 Å². The van der Waals surface area contributed by atoms with Gasteiger partial charge in [-0.25, -0.2) is 0 Å². The third-order valence-electron chi connectivity index (χ3n) is 4.58. The van der Waals surface area contributed by atoms with Crippen LogP contribution in [0.4, 0.5) is 0 Å². The van der Waals surface area contributed by atoms with E-state index in [1.807, 2.05) is 19.1 Å². The van der Waals surface area contributed by atoms with Gasteiger partial charge in [0.15, 0.2) is 0 Å². The number of hydrogen-bond donors (Lipinski definition) is 1. The Balaban J connectivity index is 2.04. The third kappa shape index (κ3) is 2.68. The number of rotatable bonds is 5. The standard InChI is InChI=1S/C15H23NO3/c1-3-12(13-6-5-11-19-13)16-9-7-15(4-2,8-10-16)14(17)18/h5-6,11-12H,3-4,7-10H2,1-2H3,(H,17,18). The fourth-order valence-electron chi connectivity index (χ4n) is 3.10.